The molecule has 156 valence electrons. The highest BCUT2D eigenvalue weighted by Gasteiger charge is 2.20. The minimum atomic E-state index is -0.0312. The molecular formula is C22H25N5O2S. The third-order valence-corrected chi connectivity index (χ3v) is 6.01. The number of anilines is 2. The van der Waals surface area contributed by atoms with Crippen LogP contribution >= 0.6 is 11.3 Å². The molecule has 1 amide bonds. The molecule has 7 nitrogen and oxygen atoms in total. The normalized spacial score (nSPS) is 14.5. The third-order valence-electron chi connectivity index (χ3n) is 5.12. The molecule has 0 bridgehead atoms. The summed E-state index contributed by atoms with van der Waals surface area (Å²) in [5.41, 5.74) is 1.90. The van der Waals surface area contributed by atoms with Gasteiger partial charge in [-0.15, -0.1) is 11.3 Å². The van der Waals surface area contributed by atoms with Gasteiger partial charge in [0, 0.05) is 42.8 Å². The minimum absolute atomic E-state index is 0.0312. The molecule has 3 aromatic rings. The molecule has 0 radical (unpaired) electrons. The van der Waals surface area contributed by atoms with Crippen LogP contribution in [0.5, 0.6) is 5.75 Å². The van der Waals surface area contributed by atoms with E-state index in [1.165, 1.54) is 11.3 Å². The van der Waals surface area contributed by atoms with Gasteiger partial charge < -0.3 is 15.0 Å². The highest BCUT2D eigenvalue weighted by atomic mass is 32.1. The first-order valence-electron chi connectivity index (χ1n) is 9.92. The average Bonchev–Trinajstić information content (AvgIpc) is 3.14. The van der Waals surface area contributed by atoms with E-state index in [0.29, 0.717) is 11.7 Å². The standard InChI is InChI=1S/C22H25N5O2S/c1-16-21(17-6-8-18(29-2)9-7-17)25-22(30-16)24-20(28)15-26-11-13-27(14-12-26)19-5-3-4-10-23-19/h3-10H,11-15H2,1-2H3,(H,24,25,28). The lowest BCUT2D eigenvalue weighted by Crippen LogP contribution is -2.48. The Morgan fingerprint density at radius 3 is 2.57 bits per heavy atom. The number of amides is 1. The molecule has 30 heavy (non-hydrogen) atoms. The lowest BCUT2D eigenvalue weighted by atomic mass is 10.1. The predicted octanol–water partition coefficient (Wildman–Crippen LogP) is 3.28. The number of ether oxygens (including phenoxy) is 1. The fourth-order valence-corrected chi connectivity index (χ4v) is 4.36. The molecule has 0 spiro atoms. The summed E-state index contributed by atoms with van der Waals surface area (Å²) in [4.78, 5) is 27.1. The number of methoxy groups -OCH3 is 1. The van der Waals surface area contributed by atoms with Gasteiger partial charge in [0.05, 0.1) is 19.3 Å². The summed E-state index contributed by atoms with van der Waals surface area (Å²) in [7, 11) is 1.65. The number of carbonyl (C=O) groups excluding carboxylic acids is 1. The Balaban J connectivity index is 1.31. The van der Waals surface area contributed by atoms with E-state index in [0.717, 1.165) is 53.9 Å². The number of benzene rings is 1. The van der Waals surface area contributed by atoms with Crippen molar-refractivity contribution in [2.45, 2.75) is 6.92 Å². The van der Waals surface area contributed by atoms with Crippen LogP contribution in [0.15, 0.2) is 48.7 Å². The first kappa shape index (κ1) is 20.3. The maximum Gasteiger partial charge on any atom is 0.240 e. The monoisotopic (exact) mass is 423 g/mol. The second kappa shape index (κ2) is 9.23. The highest BCUT2D eigenvalue weighted by Crippen LogP contribution is 2.31. The van der Waals surface area contributed by atoms with E-state index in [-0.39, 0.29) is 5.91 Å². The van der Waals surface area contributed by atoms with Crippen molar-refractivity contribution in [3.63, 3.8) is 0 Å². The summed E-state index contributed by atoms with van der Waals surface area (Å²) in [5.74, 6) is 1.77. The predicted molar refractivity (Wildman–Crippen MR) is 120 cm³/mol. The van der Waals surface area contributed by atoms with Gasteiger partial charge in [-0.1, -0.05) is 6.07 Å². The second-order valence-electron chi connectivity index (χ2n) is 7.15. The number of nitrogens with one attached hydrogen (secondary N) is 1. The summed E-state index contributed by atoms with van der Waals surface area (Å²) in [5, 5.41) is 3.60. The van der Waals surface area contributed by atoms with Crippen molar-refractivity contribution in [2.75, 3.05) is 50.1 Å². The second-order valence-corrected chi connectivity index (χ2v) is 8.35. The van der Waals surface area contributed by atoms with Crippen molar-refractivity contribution in [3.05, 3.63) is 53.5 Å². The van der Waals surface area contributed by atoms with Crippen LogP contribution in [0.2, 0.25) is 0 Å². The Bertz CT molecular complexity index is 983. The van der Waals surface area contributed by atoms with Crippen molar-refractivity contribution < 1.29 is 9.53 Å². The van der Waals surface area contributed by atoms with E-state index in [9.17, 15) is 4.79 Å². The minimum Gasteiger partial charge on any atom is -0.497 e. The summed E-state index contributed by atoms with van der Waals surface area (Å²) in [6.07, 6.45) is 1.81. The van der Waals surface area contributed by atoms with Crippen molar-refractivity contribution in [1.29, 1.82) is 0 Å². The van der Waals surface area contributed by atoms with E-state index in [2.05, 4.69) is 25.1 Å². The molecule has 0 saturated carbocycles. The number of hydrogen-bond acceptors (Lipinski definition) is 7. The number of nitrogens with zero attached hydrogens (tertiary/aromatic N) is 4. The van der Waals surface area contributed by atoms with Gasteiger partial charge in [-0.25, -0.2) is 9.97 Å². The number of rotatable bonds is 6. The molecule has 8 heteroatoms. The van der Waals surface area contributed by atoms with Gasteiger partial charge >= 0.3 is 0 Å². The number of thiazole rings is 1. The van der Waals surface area contributed by atoms with Crippen LogP contribution in [0, 0.1) is 6.92 Å². The molecule has 1 aliphatic heterocycles. The number of hydrogen-bond donors (Lipinski definition) is 1. The van der Waals surface area contributed by atoms with Gasteiger partial charge in [-0.2, -0.15) is 0 Å². The number of piperazine rings is 1. The van der Waals surface area contributed by atoms with Crippen LogP contribution in [0.3, 0.4) is 0 Å². The molecule has 1 saturated heterocycles. The van der Waals surface area contributed by atoms with Gasteiger partial charge in [-0.3, -0.25) is 9.69 Å². The molecule has 0 aliphatic carbocycles. The quantitative estimate of drug-likeness (QED) is 0.656. The van der Waals surface area contributed by atoms with E-state index in [4.69, 9.17) is 4.74 Å². The summed E-state index contributed by atoms with van der Waals surface area (Å²) in [6, 6.07) is 13.7. The molecule has 0 atom stereocenters. The van der Waals surface area contributed by atoms with Crippen LogP contribution in [0.4, 0.5) is 10.9 Å². The lowest BCUT2D eigenvalue weighted by molar-refractivity contribution is -0.117. The Labute approximate surface area is 180 Å². The lowest BCUT2D eigenvalue weighted by Gasteiger charge is -2.34. The van der Waals surface area contributed by atoms with Crippen LogP contribution in [-0.2, 0) is 4.79 Å². The van der Waals surface area contributed by atoms with Gasteiger partial charge in [0.1, 0.15) is 11.6 Å². The van der Waals surface area contributed by atoms with Crippen molar-refractivity contribution in [3.8, 4) is 17.0 Å². The van der Waals surface area contributed by atoms with E-state index < -0.39 is 0 Å². The van der Waals surface area contributed by atoms with E-state index in [1.54, 1.807) is 7.11 Å². The summed E-state index contributed by atoms with van der Waals surface area (Å²) < 4.78 is 5.21. The number of aromatic nitrogens is 2. The molecular weight excluding hydrogens is 398 g/mol. The summed E-state index contributed by atoms with van der Waals surface area (Å²) in [6.45, 7) is 5.77. The van der Waals surface area contributed by atoms with Gasteiger partial charge in [0.2, 0.25) is 5.91 Å². The maximum atomic E-state index is 12.5. The van der Waals surface area contributed by atoms with Gasteiger partial charge in [-0.05, 0) is 43.3 Å². The first-order chi connectivity index (χ1) is 14.6. The number of carbonyl (C=O) groups is 1. The molecule has 0 unspecified atom stereocenters. The van der Waals surface area contributed by atoms with Crippen molar-refractivity contribution in [2.24, 2.45) is 0 Å². The van der Waals surface area contributed by atoms with E-state index in [1.807, 2.05) is 55.6 Å². The Morgan fingerprint density at radius 1 is 1.13 bits per heavy atom. The molecule has 1 aromatic carbocycles. The zero-order chi connectivity index (χ0) is 20.9. The highest BCUT2D eigenvalue weighted by molar-refractivity contribution is 7.16. The zero-order valence-corrected chi connectivity index (χ0v) is 18.0. The van der Waals surface area contributed by atoms with E-state index >= 15 is 0 Å². The topological polar surface area (TPSA) is 70.6 Å². The fraction of sp³-hybridized carbons (Fsp3) is 0.318. The average molecular weight is 424 g/mol. The number of aryl methyl sites for hydroxylation is 1. The summed E-state index contributed by atoms with van der Waals surface area (Å²) >= 11 is 1.50. The van der Waals surface area contributed by atoms with Gasteiger partial charge in [0.15, 0.2) is 5.13 Å². The van der Waals surface area contributed by atoms with Crippen LogP contribution in [0.1, 0.15) is 4.88 Å². The van der Waals surface area contributed by atoms with Gasteiger partial charge in [0.25, 0.3) is 0 Å². The van der Waals surface area contributed by atoms with Crippen LogP contribution in [0.25, 0.3) is 11.3 Å². The largest absolute Gasteiger partial charge is 0.497 e. The third kappa shape index (κ3) is 4.77. The molecule has 1 aliphatic rings. The molecule has 3 heterocycles. The SMILES string of the molecule is COc1ccc(-c2nc(NC(=O)CN3CCN(c4ccccn4)CC3)sc2C)cc1. The Hall–Kier alpha value is -2.97. The van der Waals surface area contributed by atoms with Crippen LogP contribution in [-0.4, -0.2) is 60.6 Å². The zero-order valence-electron chi connectivity index (χ0n) is 17.2. The Kier molecular flexibility index (Phi) is 6.25. The molecule has 2 aromatic heterocycles. The van der Waals surface area contributed by atoms with Crippen molar-refractivity contribution >= 4 is 28.2 Å². The maximum absolute atomic E-state index is 12.5. The molecule has 1 fully saturated rings. The fourth-order valence-electron chi connectivity index (χ4n) is 3.50. The molecule has 1 N–H and O–H groups in total. The van der Waals surface area contributed by atoms with Crippen LogP contribution < -0.4 is 15.0 Å². The Morgan fingerprint density at radius 2 is 1.90 bits per heavy atom. The number of pyridine rings is 1. The first-order valence-corrected chi connectivity index (χ1v) is 10.7. The van der Waals surface area contributed by atoms with Crippen molar-refractivity contribution in [1.82, 2.24) is 14.9 Å². The smallest absolute Gasteiger partial charge is 0.240 e. The molecule has 4 rings (SSSR count).